The van der Waals surface area contributed by atoms with Crippen molar-refractivity contribution in [2.24, 2.45) is 0 Å². The van der Waals surface area contributed by atoms with Crippen molar-refractivity contribution in [1.82, 2.24) is 0 Å². The standard InChI is InChI=1S/C76H128O6/c1-4-7-10-13-16-19-22-25-28-30-32-33-34-35-36-37-38-39-40-41-42-43-45-46-48-51-54-57-60-63-66-69-75(78)81-72-73(71-80-74(77)68-65-62-59-56-53-50-27-24-21-18-15-12-9-6-3)82-76(79)70-67-64-61-58-55-52-49-47-44-31-29-26-23-20-17-14-11-8-5-2/h7-8,10-11,16-17,19-20,24-29,32-33,44,47,52,55,73H,4-6,9,12-15,18,21-23,30-31,34-43,45-46,48-51,53-54,56-72H2,1-3H3/b10-7-,11-8-,19-16-,20-17-,27-24-,28-25-,29-26-,33-32-,47-44-,55-52-. The Kier molecular flexibility index (Phi) is 65.8. The summed E-state index contributed by atoms with van der Waals surface area (Å²) in [6.07, 6.45) is 96.6. The van der Waals surface area contributed by atoms with E-state index in [1.165, 1.54) is 154 Å². The summed E-state index contributed by atoms with van der Waals surface area (Å²) < 4.78 is 16.9. The fourth-order valence-corrected chi connectivity index (χ4v) is 9.57. The fourth-order valence-electron chi connectivity index (χ4n) is 9.57. The Bertz CT molecular complexity index is 1690. The normalized spacial score (nSPS) is 12.9. The van der Waals surface area contributed by atoms with Gasteiger partial charge in [-0.3, -0.25) is 14.4 Å². The molecule has 0 aromatic heterocycles. The first kappa shape index (κ1) is 77.8. The quantitative estimate of drug-likeness (QED) is 0.0261. The Morgan fingerprint density at radius 2 is 0.476 bits per heavy atom. The number of carbonyl (C=O) groups is 3. The van der Waals surface area contributed by atoms with E-state index in [4.69, 9.17) is 14.2 Å². The van der Waals surface area contributed by atoms with Crippen LogP contribution >= 0.6 is 0 Å². The molecule has 0 aliphatic heterocycles. The van der Waals surface area contributed by atoms with Crippen LogP contribution in [0.3, 0.4) is 0 Å². The van der Waals surface area contributed by atoms with E-state index in [1.807, 2.05) is 0 Å². The average Bonchev–Trinajstić information content (AvgIpc) is 3.47. The number of hydrogen-bond acceptors (Lipinski definition) is 6. The minimum Gasteiger partial charge on any atom is -0.462 e. The average molecular weight is 1140 g/mol. The maximum atomic E-state index is 12.9. The Labute approximate surface area is 507 Å². The van der Waals surface area contributed by atoms with Crippen LogP contribution < -0.4 is 0 Å². The predicted octanol–water partition coefficient (Wildman–Crippen LogP) is 23.9. The van der Waals surface area contributed by atoms with Crippen molar-refractivity contribution < 1.29 is 28.6 Å². The van der Waals surface area contributed by atoms with Crippen molar-refractivity contribution in [2.45, 2.75) is 329 Å². The second-order valence-electron chi connectivity index (χ2n) is 22.7. The van der Waals surface area contributed by atoms with E-state index < -0.39 is 6.10 Å². The molecule has 468 valence electrons. The first-order valence-electron chi connectivity index (χ1n) is 34.5. The molecule has 0 radical (unpaired) electrons. The van der Waals surface area contributed by atoms with Crippen LogP contribution in [0.2, 0.25) is 0 Å². The van der Waals surface area contributed by atoms with E-state index in [0.717, 1.165) is 128 Å². The van der Waals surface area contributed by atoms with Crippen LogP contribution in [-0.2, 0) is 28.6 Å². The molecule has 0 bridgehead atoms. The van der Waals surface area contributed by atoms with Gasteiger partial charge in [-0.2, -0.15) is 0 Å². The molecule has 1 atom stereocenters. The Hall–Kier alpha value is -4.19. The van der Waals surface area contributed by atoms with Crippen LogP contribution in [0.25, 0.3) is 0 Å². The Morgan fingerprint density at radius 3 is 0.768 bits per heavy atom. The summed E-state index contributed by atoms with van der Waals surface area (Å²) in [4.78, 5) is 38.4. The number of unbranched alkanes of at least 4 members (excludes halogenated alkanes) is 31. The highest BCUT2D eigenvalue weighted by molar-refractivity contribution is 5.71. The van der Waals surface area contributed by atoms with Crippen LogP contribution in [0.5, 0.6) is 0 Å². The molecule has 82 heavy (non-hydrogen) atoms. The lowest BCUT2D eigenvalue weighted by atomic mass is 10.0. The predicted molar refractivity (Wildman–Crippen MR) is 357 cm³/mol. The number of ether oxygens (including phenoxy) is 3. The lowest BCUT2D eigenvalue weighted by Crippen LogP contribution is -2.30. The maximum absolute atomic E-state index is 12.9. The zero-order chi connectivity index (χ0) is 59.2. The first-order chi connectivity index (χ1) is 40.5. The molecule has 0 aromatic rings. The summed E-state index contributed by atoms with van der Waals surface area (Å²) in [5.41, 5.74) is 0. The van der Waals surface area contributed by atoms with Crippen molar-refractivity contribution >= 4 is 17.9 Å². The topological polar surface area (TPSA) is 78.9 Å². The van der Waals surface area contributed by atoms with E-state index in [-0.39, 0.29) is 37.5 Å². The van der Waals surface area contributed by atoms with Gasteiger partial charge in [0.25, 0.3) is 0 Å². The first-order valence-corrected chi connectivity index (χ1v) is 34.5. The molecule has 1 unspecified atom stereocenters. The van der Waals surface area contributed by atoms with E-state index in [2.05, 4.69) is 142 Å². The van der Waals surface area contributed by atoms with Gasteiger partial charge in [0, 0.05) is 19.3 Å². The number of rotatable bonds is 62. The number of allylic oxidation sites excluding steroid dienone is 20. The Balaban J connectivity index is 4.28. The third-order valence-corrected chi connectivity index (χ3v) is 14.7. The van der Waals surface area contributed by atoms with Crippen LogP contribution in [0.1, 0.15) is 323 Å². The molecule has 0 fully saturated rings. The molecule has 0 heterocycles. The zero-order valence-electron chi connectivity index (χ0n) is 53.7. The van der Waals surface area contributed by atoms with Gasteiger partial charge in [0.15, 0.2) is 6.10 Å². The molecular formula is C76H128O6. The molecule has 0 spiro atoms. The molecule has 0 amide bonds. The van der Waals surface area contributed by atoms with Gasteiger partial charge in [-0.15, -0.1) is 0 Å². The molecule has 0 aliphatic carbocycles. The lowest BCUT2D eigenvalue weighted by molar-refractivity contribution is -0.167. The van der Waals surface area contributed by atoms with Crippen LogP contribution in [0, 0.1) is 0 Å². The summed E-state index contributed by atoms with van der Waals surface area (Å²) >= 11 is 0. The van der Waals surface area contributed by atoms with Gasteiger partial charge in [0.2, 0.25) is 0 Å². The molecule has 0 rings (SSSR count). The maximum Gasteiger partial charge on any atom is 0.306 e. The largest absolute Gasteiger partial charge is 0.462 e. The summed E-state index contributed by atoms with van der Waals surface area (Å²) in [6.45, 7) is 6.40. The molecule has 0 aromatic carbocycles. The van der Waals surface area contributed by atoms with Gasteiger partial charge >= 0.3 is 17.9 Å². The number of carbonyl (C=O) groups excluding carboxylic acids is 3. The van der Waals surface area contributed by atoms with Crippen molar-refractivity contribution in [3.8, 4) is 0 Å². The van der Waals surface area contributed by atoms with Gasteiger partial charge in [0.1, 0.15) is 13.2 Å². The minimum absolute atomic E-state index is 0.0934. The molecule has 0 saturated heterocycles. The van der Waals surface area contributed by atoms with Crippen LogP contribution in [0.4, 0.5) is 0 Å². The highest BCUT2D eigenvalue weighted by atomic mass is 16.6. The molecule has 6 nitrogen and oxygen atoms in total. The second-order valence-corrected chi connectivity index (χ2v) is 22.7. The van der Waals surface area contributed by atoms with Gasteiger partial charge in [0.05, 0.1) is 0 Å². The fraction of sp³-hybridized carbons (Fsp3) is 0.697. The summed E-state index contributed by atoms with van der Waals surface area (Å²) in [5.74, 6) is -0.924. The van der Waals surface area contributed by atoms with Gasteiger partial charge in [-0.1, -0.05) is 296 Å². The summed E-state index contributed by atoms with van der Waals surface area (Å²) in [6, 6.07) is 0. The molecular weight excluding hydrogens is 1010 g/mol. The monoisotopic (exact) mass is 1140 g/mol. The molecule has 0 saturated carbocycles. The van der Waals surface area contributed by atoms with Crippen molar-refractivity contribution in [3.63, 3.8) is 0 Å². The van der Waals surface area contributed by atoms with Gasteiger partial charge in [-0.25, -0.2) is 0 Å². The molecule has 0 aliphatic rings. The highest BCUT2D eigenvalue weighted by Crippen LogP contribution is 2.17. The van der Waals surface area contributed by atoms with Crippen molar-refractivity contribution in [1.29, 1.82) is 0 Å². The van der Waals surface area contributed by atoms with Gasteiger partial charge in [-0.05, 0) is 128 Å². The van der Waals surface area contributed by atoms with E-state index in [0.29, 0.717) is 12.8 Å². The third kappa shape index (κ3) is 66.6. The minimum atomic E-state index is -0.801. The van der Waals surface area contributed by atoms with E-state index in [1.54, 1.807) is 0 Å². The van der Waals surface area contributed by atoms with Gasteiger partial charge < -0.3 is 14.2 Å². The zero-order valence-corrected chi connectivity index (χ0v) is 53.7. The highest BCUT2D eigenvalue weighted by Gasteiger charge is 2.19. The Morgan fingerprint density at radius 1 is 0.256 bits per heavy atom. The van der Waals surface area contributed by atoms with Crippen molar-refractivity contribution in [3.05, 3.63) is 122 Å². The third-order valence-electron chi connectivity index (χ3n) is 14.7. The molecule has 6 heteroatoms. The van der Waals surface area contributed by atoms with E-state index in [9.17, 15) is 14.4 Å². The summed E-state index contributed by atoms with van der Waals surface area (Å²) in [5, 5.41) is 0. The molecule has 0 N–H and O–H groups in total. The number of esters is 3. The lowest BCUT2D eigenvalue weighted by Gasteiger charge is -2.18. The van der Waals surface area contributed by atoms with Crippen LogP contribution in [0.15, 0.2) is 122 Å². The summed E-state index contributed by atoms with van der Waals surface area (Å²) in [7, 11) is 0. The SMILES string of the molecule is CC/C=C\C/C=C\C/C=C\C/C=C\C/C=C\CCCCCC(=O)OC(COC(=O)CCCCCCC/C=C\CCCCCCC)COC(=O)CCCCCCCCCCCCCCCCCCCC/C=C\C/C=C\C/C=C\C/C=C\CC. The number of hydrogen-bond donors (Lipinski definition) is 0. The second kappa shape index (κ2) is 69.3. The van der Waals surface area contributed by atoms with Crippen molar-refractivity contribution in [2.75, 3.05) is 13.2 Å². The smallest absolute Gasteiger partial charge is 0.306 e. The van der Waals surface area contributed by atoms with E-state index >= 15 is 0 Å². The van der Waals surface area contributed by atoms with Crippen LogP contribution in [-0.4, -0.2) is 37.2 Å².